The minimum Gasteiger partial charge on any atom is -0.481 e. The normalized spacial score (nSPS) is 13.5. The van der Waals surface area contributed by atoms with Crippen LogP contribution in [-0.2, 0) is 9.59 Å². The van der Waals surface area contributed by atoms with Crippen molar-refractivity contribution < 1.29 is 14.7 Å². The molecule has 5 nitrogen and oxygen atoms in total. The van der Waals surface area contributed by atoms with E-state index in [4.69, 9.17) is 10.8 Å². The number of carboxylic acid groups (broad SMARTS) is 1. The number of nitrogens with one attached hydrogen (secondary N) is 1. The summed E-state index contributed by atoms with van der Waals surface area (Å²) in [6.45, 7) is 4.48. The van der Waals surface area contributed by atoms with E-state index in [1.54, 1.807) is 12.1 Å². The highest BCUT2D eigenvalue weighted by molar-refractivity contribution is 5.90. The first kappa shape index (κ1) is 17.2. The highest BCUT2D eigenvalue weighted by atomic mass is 16.4. The summed E-state index contributed by atoms with van der Waals surface area (Å²) >= 11 is 0. The molecular weight excluding hydrogens is 268 g/mol. The van der Waals surface area contributed by atoms with Gasteiger partial charge in [0.1, 0.15) is 0 Å². The third-order valence-electron chi connectivity index (χ3n) is 3.51. The van der Waals surface area contributed by atoms with Crippen molar-refractivity contribution in [2.45, 2.75) is 39.0 Å². The monoisotopic (exact) mass is 292 g/mol. The molecule has 0 aliphatic heterocycles. The Bertz CT molecular complexity index is 471. The highest BCUT2D eigenvalue weighted by Crippen LogP contribution is 2.21. The molecule has 116 valence electrons. The molecule has 0 radical (unpaired) electrons. The SMILES string of the molecule is CC(CN)CCC(=O)Nc1ccc(C(C)CC(=O)O)cc1. The number of rotatable bonds is 8. The summed E-state index contributed by atoms with van der Waals surface area (Å²) in [6, 6.07) is 7.31. The lowest BCUT2D eigenvalue weighted by molar-refractivity contribution is -0.137. The molecule has 0 bridgehead atoms. The van der Waals surface area contributed by atoms with Crippen LogP contribution in [0.2, 0.25) is 0 Å². The van der Waals surface area contributed by atoms with Gasteiger partial charge in [0.15, 0.2) is 0 Å². The van der Waals surface area contributed by atoms with E-state index < -0.39 is 5.97 Å². The molecule has 2 atom stereocenters. The van der Waals surface area contributed by atoms with Crippen LogP contribution in [-0.4, -0.2) is 23.5 Å². The van der Waals surface area contributed by atoms with Gasteiger partial charge in [0.05, 0.1) is 6.42 Å². The van der Waals surface area contributed by atoms with Crippen molar-refractivity contribution >= 4 is 17.6 Å². The highest BCUT2D eigenvalue weighted by Gasteiger charge is 2.10. The van der Waals surface area contributed by atoms with Crippen LogP contribution in [0.25, 0.3) is 0 Å². The number of hydrogen-bond acceptors (Lipinski definition) is 3. The van der Waals surface area contributed by atoms with Crippen molar-refractivity contribution in [2.24, 2.45) is 11.7 Å². The fourth-order valence-corrected chi connectivity index (χ4v) is 1.99. The van der Waals surface area contributed by atoms with Crippen LogP contribution in [0.1, 0.15) is 44.6 Å². The summed E-state index contributed by atoms with van der Waals surface area (Å²) in [4.78, 5) is 22.4. The largest absolute Gasteiger partial charge is 0.481 e. The second-order valence-electron chi connectivity index (χ2n) is 5.55. The lowest BCUT2D eigenvalue weighted by Gasteiger charge is -2.11. The smallest absolute Gasteiger partial charge is 0.303 e. The molecule has 0 fully saturated rings. The van der Waals surface area contributed by atoms with Gasteiger partial charge in [-0.2, -0.15) is 0 Å². The maximum absolute atomic E-state index is 11.8. The molecule has 1 aromatic carbocycles. The number of benzene rings is 1. The number of carbonyl (C=O) groups excluding carboxylic acids is 1. The topological polar surface area (TPSA) is 92.4 Å². The predicted octanol–water partition coefficient (Wildman–Crippen LogP) is 2.58. The van der Waals surface area contributed by atoms with Crippen LogP contribution in [0.15, 0.2) is 24.3 Å². The first-order valence-electron chi connectivity index (χ1n) is 7.24. The molecule has 0 aromatic heterocycles. The average molecular weight is 292 g/mol. The number of anilines is 1. The van der Waals surface area contributed by atoms with Crippen molar-refractivity contribution in [3.8, 4) is 0 Å². The molecule has 1 amide bonds. The zero-order chi connectivity index (χ0) is 15.8. The zero-order valence-corrected chi connectivity index (χ0v) is 12.6. The average Bonchev–Trinajstić information content (AvgIpc) is 2.44. The Labute approximate surface area is 125 Å². The molecule has 2 unspecified atom stereocenters. The minimum atomic E-state index is -0.811. The summed E-state index contributed by atoms with van der Waals surface area (Å²) in [5.74, 6) is -0.539. The molecule has 0 saturated heterocycles. The number of nitrogens with two attached hydrogens (primary N) is 1. The van der Waals surface area contributed by atoms with Crippen LogP contribution >= 0.6 is 0 Å². The Kier molecular flexibility index (Phi) is 6.88. The molecule has 1 aromatic rings. The lowest BCUT2D eigenvalue weighted by atomic mass is 9.98. The Balaban J connectivity index is 2.50. The number of carboxylic acids is 1. The van der Waals surface area contributed by atoms with E-state index in [0.29, 0.717) is 18.9 Å². The van der Waals surface area contributed by atoms with E-state index in [1.165, 1.54) is 0 Å². The molecule has 4 N–H and O–H groups in total. The summed E-state index contributed by atoms with van der Waals surface area (Å²) in [5, 5.41) is 11.6. The molecule has 0 saturated carbocycles. The van der Waals surface area contributed by atoms with Crippen molar-refractivity contribution in [3.05, 3.63) is 29.8 Å². The van der Waals surface area contributed by atoms with Gasteiger partial charge in [-0.3, -0.25) is 9.59 Å². The third kappa shape index (κ3) is 6.40. The summed E-state index contributed by atoms with van der Waals surface area (Å²) in [6.07, 6.45) is 1.33. The van der Waals surface area contributed by atoms with Crippen molar-refractivity contribution in [3.63, 3.8) is 0 Å². The van der Waals surface area contributed by atoms with E-state index in [0.717, 1.165) is 17.7 Å². The molecule has 0 spiro atoms. The van der Waals surface area contributed by atoms with Crippen LogP contribution in [0, 0.1) is 5.92 Å². The van der Waals surface area contributed by atoms with Gasteiger partial charge in [0.2, 0.25) is 5.91 Å². The lowest BCUT2D eigenvalue weighted by Crippen LogP contribution is -2.16. The molecule has 21 heavy (non-hydrogen) atoms. The van der Waals surface area contributed by atoms with Gasteiger partial charge >= 0.3 is 5.97 Å². The Morgan fingerprint density at radius 1 is 1.24 bits per heavy atom. The van der Waals surface area contributed by atoms with Crippen molar-refractivity contribution in [1.29, 1.82) is 0 Å². The van der Waals surface area contributed by atoms with Gasteiger partial charge in [-0.15, -0.1) is 0 Å². The number of carbonyl (C=O) groups is 2. The van der Waals surface area contributed by atoms with Crippen molar-refractivity contribution in [1.82, 2.24) is 0 Å². The van der Waals surface area contributed by atoms with Crippen LogP contribution in [0.4, 0.5) is 5.69 Å². The first-order chi connectivity index (χ1) is 9.92. The first-order valence-corrected chi connectivity index (χ1v) is 7.24. The van der Waals surface area contributed by atoms with Gasteiger partial charge in [-0.25, -0.2) is 0 Å². The van der Waals surface area contributed by atoms with E-state index >= 15 is 0 Å². The van der Waals surface area contributed by atoms with Gasteiger partial charge in [0, 0.05) is 12.1 Å². The molecular formula is C16H24N2O3. The Morgan fingerprint density at radius 3 is 2.38 bits per heavy atom. The number of hydrogen-bond donors (Lipinski definition) is 3. The standard InChI is InChI=1S/C16H24N2O3/c1-11(10-17)3-8-15(19)18-14-6-4-13(5-7-14)12(2)9-16(20)21/h4-7,11-12H,3,8-10,17H2,1-2H3,(H,18,19)(H,20,21). The summed E-state index contributed by atoms with van der Waals surface area (Å²) < 4.78 is 0. The van der Waals surface area contributed by atoms with Crippen LogP contribution in [0.3, 0.4) is 0 Å². The minimum absolute atomic E-state index is 0.0263. The number of amides is 1. The maximum atomic E-state index is 11.8. The van der Waals surface area contributed by atoms with Crippen LogP contribution in [0.5, 0.6) is 0 Å². The Hall–Kier alpha value is -1.88. The molecule has 1 rings (SSSR count). The van der Waals surface area contributed by atoms with Gasteiger partial charge in [0.25, 0.3) is 0 Å². The summed E-state index contributed by atoms with van der Waals surface area (Å²) in [5.41, 5.74) is 7.20. The second kappa shape index (κ2) is 8.42. The van der Waals surface area contributed by atoms with Gasteiger partial charge in [-0.05, 0) is 42.5 Å². The van der Waals surface area contributed by atoms with E-state index in [1.807, 2.05) is 26.0 Å². The predicted molar refractivity (Wildman–Crippen MR) is 83.2 cm³/mol. The molecule has 0 heterocycles. The third-order valence-corrected chi connectivity index (χ3v) is 3.51. The van der Waals surface area contributed by atoms with Gasteiger partial charge in [-0.1, -0.05) is 26.0 Å². The fourth-order valence-electron chi connectivity index (χ4n) is 1.99. The Morgan fingerprint density at radius 2 is 1.86 bits per heavy atom. The molecule has 5 heteroatoms. The summed E-state index contributed by atoms with van der Waals surface area (Å²) in [7, 11) is 0. The van der Waals surface area contributed by atoms with E-state index in [-0.39, 0.29) is 18.2 Å². The quantitative estimate of drug-likeness (QED) is 0.686. The van der Waals surface area contributed by atoms with Gasteiger partial charge < -0.3 is 16.2 Å². The van der Waals surface area contributed by atoms with E-state index in [9.17, 15) is 9.59 Å². The second-order valence-corrected chi connectivity index (χ2v) is 5.55. The van der Waals surface area contributed by atoms with Crippen LogP contribution < -0.4 is 11.1 Å². The molecule has 0 aliphatic rings. The van der Waals surface area contributed by atoms with Crippen molar-refractivity contribution in [2.75, 3.05) is 11.9 Å². The molecule has 0 aliphatic carbocycles. The fraction of sp³-hybridized carbons (Fsp3) is 0.500. The van der Waals surface area contributed by atoms with E-state index in [2.05, 4.69) is 5.32 Å². The maximum Gasteiger partial charge on any atom is 0.303 e. The zero-order valence-electron chi connectivity index (χ0n) is 12.6. The number of aliphatic carboxylic acids is 1.